The van der Waals surface area contributed by atoms with E-state index in [4.69, 9.17) is 31.5 Å². The maximum Gasteiger partial charge on any atom is 0.0856 e. The van der Waals surface area contributed by atoms with Crippen LogP contribution in [0.1, 0.15) is 6.92 Å². The van der Waals surface area contributed by atoms with Crippen molar-refractivity contribution in [1.82, 2.24) is 0 Å². The average molecular weight is 236 g/mol. The first kappa shape index (κ1) is 17.9. The monoisotopic (exact) mass is 236 g/mol. The van der Waals surface area contributed by atoms with Crippen LogP contribution < -0.4 is 11.5 Å². The Labute approximate surface area is 96.5 Å². The normalized spacial score (nSPS) is 10.6. The van der Waals surface area contributed by atoms with E-state index in [9.17, 15) is 0 Å². The highest BCUT2D eigenvalue weighted by atomic mass is 16.5. The fourth-order valence-corrected chi connectivity index (χ4v) is 0.480. The van der Waals surface area contributed by atoms with Crippen LogP contribution in [-0.4, -0.2) is 60.4 Å². The van der Waals surface area contributed by atoms with Gasteiger partial charge in [0.2, 0.25) is 0 Å². The third-order valence-corrected chi connectivity index (χ3v) is 1.56. The number of aliphatic hydroxyl groups excluding tert-OH is 3. The van der Waals surface area contributed by atoms with Crippen molar-refractivity contribution in [1.29, 1.82) is 0 Å². The molecule has 98 valence electrons. The maximum atomic E-state index is 8.34. The first-order valence-electron chi connectivity index (χ1n) is 4.99. The first-order chi connectivity index (χ1) is 7.45. The Balaban J connectivity index is 0. The predicted octanol–water partition coefficient (Wildman–Crippen LogP) is -1.80. The number of nitrogens with two attached hydrogens (primary N) is 2. The van der Waals surface area contributed by atoms with Gasteiger partial charge in [-0.25, -0.2) is 0 Å². The number of hydrogen-bond acceptors (Lipinski definition) is 6. The summed E-state index contributed by atoms with van der Waals surface area (Å²) < 4.78 is 5.02. The van der Waals surface area contributed by atoms with Gasteiger partial charge in [-0.1, -0.05) is 12.2 Å². The molecule has 0 fully saturated rings. The van der Waals surface area contributed by atoms with Crippen molar-refractivity contribution in [2.45, 2.75) is 12.5 Å². The van der Waals surface area contributed by atoms with Crippen molar-refractivity contribution < 1.29 is 20.1 Å². The molecule has 0 amide bonds. The second kappa shape index (κ2) is 11.0. The van der Waals surface area contributed by atoms with Crippen LogP contribution in [0.2, 0.25) is 0 Å². The van der Waals surface area contributed by atoms with Gasteiger partial charge in [0.15, 0.2) is 0 Å². The highest BCUT2D eigenvalue weighted by molar-refractivity contribution is 4.87. The van der Waals surface area contributed by atoms with Gasteiger partial charge in [0.1, 0.15) is 0 Å². The van der Waals surface area contributed by atoms with Crippen molar-refractivity contribution >= 4 is 0 Å². The molecule has 0 radical (unpaired) electrons. The standard InChI is InChI=1S/C6H13NO.C4H11NO3/c1-6(2)5-8-4-3-7;5-4(1-6,2-7)3-8/h1,3-5,7H2,2H3;6-8H,1-3,5H2. The zero-order valence-corrected chi connectivity index (χ0v) is 9.85. The average Bonchev–Trinajstić information content (AvgIpc) is 2.29. The molecule has 0 spiro atoms. The van der Waals surface area contributed by atoms with E-state index in [1.54, 1.807) is 0 Å². The van der Waals surface area contributed by atoms with Gasteiger partial charge in [0, 0.05) is 6.54 Å². The molecule has 0 heterocycles. The molecule has 0 saturated carbocycles. The minimum Gasteiger partial charge on any atom is -0.394 e. The Morgan fingerprint density at radius 2 is 1.69 bits per heavy atom. The molecule has 16 heavy (non-hydrogen) atoms. The molecule has 0 aliphatic rings. The minimum absolute atomic E-state index is 0.403. The summed E-state index contributed by atoms with van der Waals surface area (Å²) in [5.41, 5.74) is 10.1. The van der Waals surface area contributed by atoms with Crippen LogP contribution in [0, 0.1) is 0 Å². The van der Waals surface area contributed by atoms with Crippen LogP contribution in [0.3, 0.4) is 0 Å². The lowest BCUT2D eigenvalue weighted by Gasteiger charge is -2.20. The van der Waals surface area contributed by atoms with Crippen LogP contribution in [0.4, 0.5) is 0 Å². The molecule has 0 aromatic carbocycles. The van der Waals surface area contributed by atoms with E-state index in [-0.39, 0.29) is 0 Å². The Hall–Kier alpha value is -0.500. The van der Waals surface area contributed by atoms with Crippen molar-refractivity contribution in [3.05, 3.63) is 12.2 Å². The van der Waals surface area contributed by atoms with Crippen LogP contribution in [0.5, 0.6) is 0 Å². The first-order valence-corrected chi connectivity index (χ1v) is 4.99. The van der Waals surface area contributed by atoms with Crippen molar-refractivity contribution in [3.63, 3.8) is 0 Å². The molecule has 0 bridgehead atoms. The van der Waals surface area contributed by atoms with Crippen LogP contribution in [-0.2, 0) is 4.74 Å². The number of hydrogen-bond donors (Lipinski definition) is 5. The molecular weight excluding hydrogens is 212 g/mol. The molecular formula is C10H24N2O4. The molecule has 7 N–H and O–H groups in total. The van der Waals surface area contributed by atoms with Crippen LogP contribution in [0.25, 0.3) is 0 Å². The highest BCUT2D eigenvalue weighted by Gasteiger charge is 2.20. The van der Waals surface area contributed by atoms with E-state index in [1.807, 2.05) is 6.92 Å². The highest BCUT2D eigenvalue weighted by Crippen LogP contribution is 1.93. The van der Waals surface area contributed by atoms with Gasteiger partial charge in [0.25, 0.3) is 0 Å². The number of aliphatic hydroxyl groups is 3. The zero-order chi connectivity index (χ0) is 13.0. The summed E-state index contributed by atoms with van der Waals surface area (Å²) in [5.74, 6) is 0. The van der Waals surface area contributed by atoms with Gasteiger partial charge in [-0.2, -0.15) is 0 Å². The summed E-state index contributed by atoms with van der Waals surface area (Å²) in [6.45, 7) is 6.24. The summed E-state index contributed by atoms with van der Waals surface area (Å²) in [5, 5.41) is 25.0. The summed E-state index contributed by atoms with van der Waals surface area (Å²) in [6.07, 6.45) is 0. The SMILES string of the molecule is C=C(C)COCCN.NC(CO)(CO)CO. The van der Waals surface area contributed by atoms with Gasteiger partial charge in [-0.3, -0.25) is 0 Å². The third-order valence-electron chi connectivity index (χ3n) is 1.56. The molecule has 0 aromatic heterocycles. The molecule has 0 atom stereocenters. The predicted molar refractivity (Wildman–Crippen MR) is 62.9 cm³/mol. The molecule has 6 nitrogen and oxygen atoms in total. The summed E-state index contributed by atoms with van der Waals surface area (Å²) in [6, 6.07) is 0. The molecule has 0 saturated heterocycles. The molecule has 6 heteroatoms. The fourth-order valence-electron chi connectivity index (χ4n) is 0.480. The topological polar surface area (TPSA) is 122 Å². The van der Waals surface area contributed by atoms with Crippen molar-refractivity contribution in [2.75, 3.05) is 39.6 Å². The van der Waals surface area contributed by atoms with Crippen molar-refractivity contribution in [2.24, 2.45) is 11.5 Å². The van der Waals surface area contributed by atoms with E-state index in [0.717, 1.165) is 5.57 Å². The molecule has 0 aromatic rings. The van der Waals surface area contributed by atoms with E-state index in [0.29, 0.717) is 19.8 Å². The smallest absolute Gasteiger partial charge is 0.0856 e. The Bertz CT molecular complexity index is 164. The third kappa shape index (κ3) is 11.6. The lowest BCUT2D eigenvalue weighted by Crippen LogP contribution is -2.50. The van der Waals surface area contributed by atoms with Gasteiger partial charge in [-0.05, 0) is 6.92 Å². The van der Waals surface area contributed by atoms with Gasteiger partial charge >= 0.3 is 0 Å². The second-order valence-electron chi connectivity index (χ2n) is 3.64. The Kier molecular flexibility index (Phi) is 12.3. The molecule has 0 aliphatic carbocycles. The molecule has 0 rings (SSSR count). The molecule has 0 aliphatic heterocycles. The van der Waals surface area contributed by atoms with E-state index in [2.05, 4.69) is 6.58 Å². The number of rotatable bonds is 7. The summed E-state index contributed by atoms with van der Waals surface area (Å²) >= 11 is 0. The summed E-state index contributed by atoms with van der Waals surface area (Å²) in [7, 11) is 0. The lowest BCUT2D eigenvalue weighted by molar-refractivity contribution is 0.0698. The van der Waals surface area contributed by atoms with E-state index < -0.39 is 25.4 Å². The Morgan fingerprint density at radius 3 is 1.88 bits per heavy atom. The Morgan fingerprint density at radius 1 is 1.25 bits per heavy atom. The largest absolute Gasteiger partial charge is 0.394 e. The van der Waals surface area contributed by atoms with Gasteiger partial charge in [0.05, 0.1) is 38.6 Å². The maximum absolute atomic E-state index is 8.34. The van der Waals surface area contributed by atoms with Crippen LogP contribution >= 0.6 is 0 Å². The van der Waals surface area contributed by atoms with E-state index in [1.165, 1.54) is 0 Å². The number of ether oxygens (including phenoxy) is 1. The zero-order valence-electron chi connectivity index (χ0n) is 9.85. The van der Waals surface area contributed by atoms with Crippen LogP contribution in [0.15, 0.2) is 12.2 Å². The lowest BCUT2D eigenvalue weighted by atomic mass is 10.1. The fraction of sp³-hybridized carbons (Fsp3) is 0.800. The minimum atomic E-state index is -1.21. The van der Waals surface area contributed by atoms with Gasteiger partial charge in [-0.15, -0.1) is 0 Å². The second-order valence-corrected chi connectivity index (χ2v) is 3.64. The summed E-state index contributed by atoms with van der Waals surface area (Å²) in [4.78, 5) is 0. The van der Waals surface area contributed by atoms with Gasteiger partial charge < -0.3 is 31.5 Å². The molecule has 0 unspecified atom stereocenters. The van der Waals surface area contributed by atoms with Crippen molar-refractivity contribution in [3.8, 4) is 0 Å². The quantitative estimate of drug-likeness (QED) is 0.262. The van der Waals surface area contributed by atoms with E-state index >= 15 is 0 Å².